The molecule has 20 heavy (non-hydrogen) atoms. The van der Waals surface area contributed by atoms with Crippen LogP contribution >= 0.6 is 0 Å². The molecular formula is C15H25N5. The van der Waals surface area contributed by atoms with Crippen molar-refractivity contribution in [2.45, 2.75) is 46.7 Å². The third kappa shape index (κ3) is 2.26. The van der Waals surface area contributed by atoms with Crippen molar-refractivity contribution in [3.63, 3.8) is 0 Å². The summed E-state index contributed by atoms with van der Waals surface area (Å²) in [5.41, 5.74) is 9.45. The minimum Gasteiger partial charge on any atom is -0.383 e. The Labute approximate surface area is 120 Å². The smallest absolute Gasteiger partial charge is 0.146 e. The number of hydrogen-bond acceptors (Lipinski definition) is 4. The molecule has 0 atom stereocenters. The van der Waals surface area contributed by atoms with E-state index >= 15 is 0 Å². The van der Waals surface area contributed by atoms with Gasteiger partial charge in [0.1, 0.15) is 17.3 Å². The van der Waals surface area contributed by atoms with Crippen molar-refractivity contribution in [3.8, 4) is 0 Å². The second-order valence-electron chi connectivity index (χ2n) is 6.36. The molecular weight excluding hydrogens is 250 g/mol. The van der Waals surface area contributed by atoms with E-state index in [9.17, 15) is 0 Å². The van der Waals surface area contributed by atoms with E-state index in [0.29, 0.717) is 5.82 Å². The molecule has 0 fully saturated rings. The molecule has 0 unspecified atom stereocenters. The topological polar surface area (TPSA) is 60.0 Å². The maximum absolute atomic E-state index is 6.09. The van der Waals surface area contributed by atoms with Gasteiger partial charge in [0.25, 0.3) is 0 Å². The van der Waals surface area contributed by atoms with Crippen molar-refractivity contribution in [2.24, 2.45) is 0 Å². The molecule has 0 aliphatic rings. The molecule has 0 spiro atoms. The molecule has 110 valence electrons. The lowest BCUT2D eigenvalue weighted by atomic mass is 10.0. The predicted molar refractivity (Wildman–Crippen MR) is 83.9 cm³/mol. The maximum Gasteiger partial charge on any atom is 0.146 e. The van der Waals surface area contributed by atoms with Gasteiger partial charge in [-0.3, -0.25) is 0 Å². The predicted octanol–water partition coefficient (Wildman–Crippen LogP) is 2.28. The van der Waals surface area contributed by atoms with Crippen LogP contribution in [0.25, 0.3) is 11.0 Å². The molecule has 0 aromatic carbocycles. The van der Waals surface area contributed by atoms with Crippen LogP contribution in [-0.2, 0) is 6.54 Å². The zero-order chi connectivity index (χ0) is 15.2. The molecule has 0 saturated heterocycles. The third-order valence-corrected chi connectivity index (χ3v) is 4.36. The molecule has 0 radical (unpaired) electrons. The number of anilines is 1. The van der Waals surface area contributed by atoms with E-state index in [1.165, 1.54) is 11.3 Å². The molecule has 5 nitrogen and oxygen atoms in total. The van der Waals surface area contributed by atoms with E-state index in [1.54, 1.807) is 0 Å². The summed E-state index contributed by atoms with van der Waals surface area (Å²) in [6.45, 7) is 11.4. The summed E-state index contributed by atoms with van der Waals surface area (Å²) in [5, 5.41) is 0.989. The summed E-state index contributed by atoms with van der Waals surface area (Å²) in [7, 11) is 4.20. The van der Waals surface area contributed by atoms with Crippen molar-refractivity contribution in [2.75, 3.05) is 19.8 Å². The van der Waals surface area contributed by atoms with Crippen molar-refractivity contribution < 1.29 is 0 Å². The lowest BCUT2D eigenvalue weighted by Crippen LogP contribution is -2.42. The van der Waals surface area contributed by atoms with Crippen molar-refractivity contribution in [3.05, 3.63) is 17.1 Å². The highest BCUT2D eigenvalue weighted by molar-refractivity contribution is 5.91. The highest BCUT2D eigenvalue weighted by atomic mass is 15.2. The molecule has 0 amide bonds. The Morgan fingerprint density at radius 1 is 1.15 bits per heavy atom. The summed E-state index contributed by atoms with van der Waals surface area (Å²) in [5.74, 6) is 1.30. The van der Waals surface area contributed by atoms with Crippen molar-refractivity contribution in [1.82, 2.24) is 19.4 Å². The second kappa shape index (κ2) is 4.74. The average molecular weight is 275 g/mol. The summed E-state index contributed by atoms with van der Waals surface area (Å²) in [6, 6.07) is 0. The number of fused-ring (bicyclic) bond motifs is 1. The first kappa shape index (κ1) is 14.8. The van der Waals surface area contributed by atoms with Crippen LogP contribution < -0.4 is 5.73 Å². The highest BCUT2D eigenvalue weighted by Crippen LogP contribution is 2.29. The van der Waals surface area contributed by atoms with Crippen LogP contribution in [0.3, 0.4) is 0 Å². The fourth-order valence-corrected chi connectivity index (χ4v) is 2.40. The number of likely N-dealkylation sites (N-methyl/N-ethyl adjacent to an activating group) is 1. The Balaban J connectivity index is 2.68. The van der Waals surface area contributed by atoms with Crippen LogP contribution in [0.4, 0.5) is 5.82 Å². The lowest BCUT2D eigenvalue weighted by Gasteiger charge is -2.33. The van der Waals surface area contributed by atoms with Gasteiger partial charge in [-0.15, -0.1) is 0 Å². The van der Waals surface area contributed by atoms with Crippen LogP contribution in [0.2, 0.25) is 0 Å². The number of nitrogens with two attached hydrogens (primary N) is 1. The zero-order valence-electron chi connectivity index (χ0n) is 13.6. The highest BCUT2D eigenvalue weighted by Gasteiger charge is 2.25. The van der Waals surface area contributed by atoms with Gasteiger partial charge in [-0.05, 0) is 54.3 Å². The van der Waals surface area contributed by atoms with Crippen molar-refractivity contribution in [1.29, 1.82) is 0 Å². The van der Waals surface area contributed by atoms with Crippen LogP contribution in [0.5, 0.6) is 0 Å². The molecule has 0 aliphatic carbocycles. The number of aromatic nitrogens is 3. The van der Waals surface area contributed by atoms with E-state index in [4.69, 9.17) is 5.73 Å². The van der Waals surface area contributed by atoms with Gasteiger partial charge < -0.3 is 15.2 Å². The van der Waals surface area contributed by atoms with Gasteiger partial charge in [0, 0.05) is 17.8 Å². The Morgan fingerprint density at radius 2 is 1.75 bits per heavy atom. The molecule has 2 aromatic heterocycles. The monoisotopic (exact) mass is 275 g/mol. The number of hydrogen-bond donors (Lipinski definition) is 1. The van der Waals surface area contributed by atoms with Crippen LogP contribution in [-0.4, -0.2) is 39.1 Å². The molecule has 0 saturated carbocycles. The molecule has 2 aromatic rings. The third-order valence-electron chi connectivity index (χ3n) is 4.36. The second-order valence-corrected chi connectivity index (χ2v) is 6.36. The first-order chi connectivity index (χ1) is 9.15. The zero-order valence-corrected chi connectivity index (χ0v) is 13.6. The molecule has 0 bridgehead atoms. The van der Waals surface area contributed by atoms with Gasteiger partial charge in [0.05, 0.1) is 5.39 Å². The van der Waals surface area contributed by atoms with Crippen LogP contribution in [0.15, 0.2) is 0 Å². The Kier molecular flexibility index (Phi) is 3.50. The van der Waals surface area contributed by atoms with E-state index < -0.39 is 0 Å². The van der Waals surface area contributed by atoms with Gasteiger partial charge in [-0.1, -0.05) is 0 Å². The Morgan fingerprint density at radius 3 is 2.30 bits per heavy atom. The first-order valence-corrected chi connectivity index (χ1v) is 6.92. The number of nitrogen functional groups attached to an aromatic ring is 1. The number of aryl methyl sites for hydroxylation is 2. The standard InChI is InChI=1S/C15H25N5/c1-9-10(2)20(8-15(4,5)19(6)7)14-12(9)13(16)17-11(3)18-14/h8H2,1-7H3,(H2,16,17,18). The van der Waals surface area contributed by atoms with Crippen LogP contribution in [0, 0.1) is 20.8 Å². The average Bonchev–Trinajstić information content (AvgIpc) is 2.54. The molecule has 2 heterocycles. The molecule has 2 N–H and O–H groups in total. The van der Waals surface area contributed by atoms with Crippen LogP contribution in [0.1, 0.15) is 30.9 Å². The minimum atomic E-state index is 0.0385. The summed E-state index contributed by atoms with van der Waals surface area (Å²) >= 11 is 0. The molecule has 0 aliphatic heterocycles. The van der Waals surface area contributed by atoms with Gasteiger partial charge in [-0.2, -0.15) is 0 Å². The Hall–Kier alpha value is -1.62. The van der Waals surface area contributed by atoms with Gasteiger partial charge in [-0.25, -0.2) is 9.97 Å². The van der Waals surface area contributed by atoms with E-state index in [2.05, 4.69) is 61.2 Å². The van der Waals surface area contributed by atoms with Gasteiger partial charge in [0.15, 0.2) is 0 Å². The van der Waals surface area contributed by atoms with Crippen molar-refractivity contribution >= 4 is 16.9 Å². The largest absolute Gasteiger partial charge is 0.383 e. The molecule has 2 rings (SSSR count). The maximum atomic E-state index is 6.09. The summed E-state index contributed by atoms with van der Waals surface area (Å²) in [6.07, 6.45) is 0. The number of rotatable bonds is 3. The van der Waals surface area contributed by atoms with Gasteiger partial charge >= 0.3 is 0 Å². The summed E-state index contributed by atoms with van der Waals surface area (Å²) in [4.78, 5) is 11.1. The first-order valence-electron chi connectivity index (χ1n) is 6.92. The van der Waals surface area contributed by atoms with E-state index in [-0.39, 0.29) is 5.54 Å². The summed E-state index contributed by atoms with van der Waals surface area (Å²) < 4.78 is 2.26. The van der Waals surface area contributed by atoms with E-state index in [1.807, 2.05) is 6.92 Å². The fraction of sp³-hybridized carbons (Fsp3) is 0.600. The molecule has 5 heteroatoms. The normalized spacial score (nSPS) is 12.6. The van der Waals surface area contributed by atoms with E-state index in [0.717, 1.165) is 23.4 Å². The SMILES string of the molecule is Cc1nc(N)c2c(C)c(C)n(CC(C)(C)N(C)C)c2n1. The Bertz CT molecular complexity index is 652. The number of nitrogens with zero attached hydrogens (tertiary/aromatic N) is 4. The minimum absolute atomic E-state index is 0.0385. The van der Waals surface area contributed by atoms with Gasteiger partial charge in [0.2, 0.25) is 0 Å². The quantitative estimate of drug-likeness (QED) is 0.933. The lowest BCUT2D eigenvalue weighted by molar-refractivity contribution is 0.170. The fourth-order valence-electron chi connectivity index (χ4n) is 2.40.